The molecule has 1 saturated heterocycles. The lowest BCUT2D eigenvalue weighted by Crippen LogP contribution is -2.44. The number of hydrogen-bond donors (Lipinski definition) is 1. The molecule has 2 unspecified atom stereocenters. The van der Waals surface area contributed by atoms with Crippen LogP contribution in [0, 0.1) is 0 Å². The average molecular weight is 230 g/mol. The van der Waals surface area contributed by atoms with Crippen molar-refractivity contribution < 1.29 is 4.79 Å². The number of thioether (sulfide) groups is 1. The van der Waals surface area contributed by atoms with E-state index in [1.54, 1.807) is 0 Å². The van der Waals surface area contributed by atoms with Gasteiger partial charge >= 0.3 is 0 Å². The molecule has 3 nitrogen and oxygen atoms in total. The van der Waals surface area contributed by atoms with E-state index in [2.05, 4.69) is 26.1 Å². The molecular formula is C11H22N2OS. The number of hydrogen-bond acceptors (Lipinski definition) is 3. The Kier molecular flexibility index (Phi) is 4.46. The first-order valence-corrected chi connectivity index (χ1v) is 6.84. The second-order valence-corrected chi connectivity index (χ2v) is 5.62. The van der Waals surface area contributed by atoms with Crippen LogP contribution in [0.3, 0.4) is 0 Å². The van der Waals surface area contributed by atoms with Crippen LogP contribution in [-0.2, 0) is 4.79 Å². The van der Waals surface area contributed by atoms with Gasteiger partial charge in [-0.3, -0.25) is 10.1 Å². The molecule has 0 radical (unpaired) electrons. The van der Waals surface area contributed by atoms with Gasteiger partial charge in [-0.1, -0.05) is 13.8 Å². The van der Waals surface area contributed by atoms with E-state index in [1.807, 2.05) is 23.6 Å². The molecule has 2 atom stereocenters. The molecule has 0 bridgehead atoms. The van der Waals surface area contributed by atoms with Crippen molar-refractivity contribution in [2.75, 3.05) is 18.2 Å². The molecule has 0 aromatic rings. The lowest BCUT2D eigenvalue weighted by molar-refractivity contribution is -0.133. The van der Waals surface area contributed by atoms with Gasteiger partial charge in [-0.05, 0) is 26.0 Å². The van der Waals surface area contributed by atoms with Gasteiger partial charge in [0.15, 0.2) is 0 Å². The molecule has 0 aliphatic carbocycles. The first kappa shape index (κ1) is 12.8. The van der Waals surface area contributed by atoms with Gasteiger partial charge in [0, 0.05) is 11.8 Å². The molecule has 88 valence electrons. The standard InChI is InChI=1S/C11H22N2OS/c1-5-11(4)10(14)13(8-12-11)9(3)7-15-6-2/h9,12H,5-8H2,1-4H3. The third kappa shape index (κ3) is 2.67. The van der Waals surface area contributed by atoms with Crippen molar-refractivity contribution in [2.45, 2.75) is 45.7 Å². The summed E-state index contributed by atoms with van der Waals surface area (Å²) in [5.41, 5.74) is -0.328. The van der Waals surface area contributed by atoms with E-state index in [1.165, 1.54) is 0 Å². The molecule has 0 saturated carbocycles. The summed E-state index contributed by atoms with van der Waals surface area (Å²) >= 11 is 1.89. The average Bonchev–Trinajstić information content (AvgIpc) is 2.53. The van der Waals surface area contributed by atoms with Gasteiger partial charge in [0.1, 0.15) is 0 Å². The van der Waals surface area contributed by atoms with E-state index >= 15 is 0 Å². The van der Waals surface area contributed by atoms with Gasteiger partial charge in [0.25, 0.3) is 0 Å². The lowest BCUT2D eigenvalue weighted by atomic mass is 9.99. The van der Waals surface area contributed by atoms with Crippen molar-refractivity contribution in [3.05, 3.63) is 0 Å². The van der Waals surface area contributed by atoms with E-state index in [0.29, 0.717) is 12.7 Å². The normalized spacial score (nSPS) is 28.5. The Morgan fingerprint density at radius 3 is 2.73 bits per heavy atom. The summed E-state index contributed by atoms with van der Waals surface area (Å²) < 4.78 is 0. The molecule has 1 amide bonds. The van der Waals surface area contributed by atoms with E-state index in [0.717, 1.165) is 17.9 Å². The van der Waals surface area contributed by atoms with Crippen LogP contribution in [-0.4, -0.2) is 40.6 Å². The smallest absolute Gasteiger partial charge is 0.243 e. The van der Waals surface area contributed by atoms with Crippen molar-refractivity contribution in [3.8, 4) is 0 Å². The summed E-state index contributed by atoms with van der Waals surface area (Å²) in [6.45, 7) is 9.03. The van der Waals surface area contributed by atoms with Crippen molar-refractivity contribution in [2.24, 2.45) is 0 Å². The molecule has 0 aromatic heterocycles. The summed E-state index contributed by atoms with van der Waals surface area (Å²) in [5.74, 6) is 2.41. The van der Waals surface area contributed by atoms with Crippen LogP contribution in [0.15, 0.2) is 0 Å². The lowest BCUT2D eigenvalue weighted by Gasteiger charge is -2.25. The van der Waals surface area contributed by atoms with Gasteiger partial charge in [-0.25, -0.2) is 0 Å². The maximum atomic E-state index is 12.1. The summed E-state index contributed by atoms with van der Waals surface area (Å²) in [7, 11) is 0. The largest absolute Gasteiger partial charge is 0.325 e. The second kappa shape index (κ2) is 5.21. The Bertz CT molecular complexity index is 235. The highest BCUT2D eigenvalue weighted by molar-refractivity contribution is 7.99. The first-order valence-electron chi connectivity index (χ1n) is 5.69. The van der Waals surface area contributed by atoms with Gasteiger partial charge in [0.05, 0.1) is 12.2 Å². The molecule has 4 heteroatoms. The maximum Gasteiger partial charge on any atom is 0.243 e. The predicted octanol–water partition coefficient (Wildman–Crippen LogP) is 1.69. The van der Waals surface area contributed by atoms with E-state index < -0.39 is 0 Å². The Labute approximate surface area is 97.0 Å². The van der Waals surface area contributed by atoms with Crippen molar-refractivity contribution in [3.63, 3.8) is 0 Å². The summed E-state index contributed by atoms with van der Waals surface area (Å²) in [6.07, 6.45) is 0.857. The van der Waals surface area contributed by atoms with Gasteiger partial charge < -0.3 is 4.90 Å². The number of carbonyl (C=O) groups excluding carboxylic acids is 1. The molecule has 1 fully saturated rings. The minimum absolute atomic E-state index is 0.259. The van der Waals surface area contributed by atoms with Crippen LogP contribution in [0.25, 0.3) is 0 Å². The molecule has 15 heavy (non-hydrogen) atoms. The predicted molar refractivity (Wildman–Crippen MR) is 66.0 cm³/mol. The van der Waals surface area contributed by atoms with E-state index in [-0.39, 0.29) is 11.4 Å². The SMILES string of the molecule is CCSCC(C)N1CNC(C)(CC)C1=O. The topological polar surface area (TPSA) is 32.3 Å². The fourth-order valence-corrected chi connectivity index (χ4v) is 2.49. The summed E-state index contributed by atoms with van der Waals surface area (Å²) in [5, 5.41) is 3.31. The van der Waals surface area contributed by atoms with Crippen LogP contribution in [0.1, 0.15) is 34.1 Å². The quantitative estimate of drug-likeness (QED) is 0.780. The van der Waals surface area contributed by atoms with E-state index in [9.17, 15) is 4.79 Å². The zero-order valence-corrected chi connectivity index (χ0v) is 11.0. The van der Waals surface area contributed by atoms with Gasteiger partial charge in [0.2, 0.25) is 5.91 Å². The summed E-state index contributed by atoms with van der Waals surface area (Å²) in [6, 6.07) is 0.336. The molecule has 1 aliphatic heterocycles. The second-order valence-electron chi connectivity index (χ2n) is 4.30. The van der Waals surface area contributed by atoms with Gasteiger partial charge in [-0.15, -0.1) is 0 Å². The molecule has 0 aromatic carbocycles. The molecule has 1 N–H and O–H groups in total. The van der Waals surface area contributed by atoms with Crippen LogP contribution in [0.4, 0.5) is 0 Å². The summed E-state index contributed by atoms with van der Waals surface area (Å²) in [4.78, 5) is 14.1. The Balaban J connectivity index is 2.55. The van der Waals surface area contributed by atoms with Crippen LogP contribution >= 0.6 is 11.8 Å². The van der Waals surface area contributed by atoms with Crippen molar-refractivity contribution in [1.29, 1.82) is 0 Å². The monoisotopic (exact) mass is 230 g/mol. The Morgan fingerprint density at radius 2 is 2.27 bits per heavy atom. The maximum absolute atomic E-state index is 12.1. The number of amides is 1. The number of rotatable bonds is 5. The van der Waals surface area contributed by atoms with Crippen molar-refractivity contribution >= 4 is 17.7 Å². The van der Waals surface area contributed by atoms with Gasteiger partial charge in [-0.2, -0.15) is 11.8 Å². The third-order valence-corrected chi connectivity index (χ3v) is 4.30. The Morgan fingerprint density at radius 1 is 1.60 bits per heavy atom. The third-order valence-electron chi connectivity index (χ3n) is 3.17. The Hall–Kier alpha value is -0.220. The highest BCUT2D eigenvalue weighted by atomic mass is 32.2. The fourth-order valence-electron chi connectivity index (χ4n) is 1.73. The molecule has 1 heterocycles. The molecule has 0 spiro atoms. The van der Waals surface area contributed by atoms with Crippen molar-refractivity contribution in [1.82, 2.24) is 10.2 Å². The van der Waals surface area contributed by atoms with Crippen LogP contribution in [0.5, 0.6) is 0 Å². The molecule has 1 rings (SSSR count). The van der Waals surface area contributed by atoms with E-state index in [4.69, 9.17) is 0 Å². The molecule has 1 aliphatic rings. The number of nitrogens with one attached hydrogen (secondary N) is 1. The number of nitrogens with zero attached hydrogens (tertiary/aromatic N) is 1. The minimum Gasteiger partial charge on any atom is -0.325 e. The number of carbonyl (C=O) groups is 1. The fraction of sp³-hybridized carbons (Fsp3) is 0.909. The zero-order valence-electron chi connectivity index (χ0n) is 10.2. The van der Waals surface area contributed by atoms with Crippen LogP contribution < -0.4 is 5.32 Å². The highest BCUT2D eigenvalue weighted by Gasteiger charge is 2.42. The zero-order chi connectivity index (χ0) is 11.5. The first-order chi connectivity index (χ1) is 7.05. The van der Waals surface area contributed by atoms with Crippen LogP contribution in [0.2, 0.25) is 0 Å². The molecular weight excluding hydrogens is 208 g/mol. The minimum atomic E-state index is -0.328. The highest BCUT2D eigenvalue weighted by Crippen LogP contribution is 2.22.